The molecule has 2 atom stereocenters. The molecule has 1 heterocycles. The van der Waals surface area contributed by atoms with Crippen LogP contribution in [0.2, 0.25) is 0 Å². The number of benzene rings is 1. The van der Waals surface area contributed by atoms with Gasteiger partial charge in [0.05, 0.1) is 5.25 Å². The highest BCUT2D eigenvalue weighted by molar-refractivity contribution is 8.03. The minimum Gasteiger partial charge on any atom is -0.401 e. The van der Waals surface area contributed by atoms with Crippen molar-refractivity contribution in [2.45, 2.75) is 12.2 Å². The van der Waals surface area contributed by atoms with Crippen molar-refractivity contribution in [1.29, 1.82) is 0 Å². The number of allylic oxidation sites excluding steroid dienone is 4. The summed E-state index contributed by atoms with van der Waals surface area (Å²) in [5.41, 5.74) is 9.81. The van der Waals surface area contributed by atoms with Crippen LogP contribution >= 0.6 is 11.8 Å². The topological polar surface area (TPSA) is 26.0 Å². The second-order valence-electron chi connectivity index (χ2n) is 4.75. The standard InChI is InChI=1S/C15H15NS/c1-15-8-7-12(11-5-3-2-4-6-11)13(16)14(15)17-10-9-15/h2-10,14H,16H2,1H3. The molecule has 1 aromatic rings. The first-order chi connectivity index (χ1) is 8.21. The van der Waals surface area contributed by atoms with Gasteiger partial charge in [0.1, 0.15) is 0 Å². The molecule has 0 saturated heterocycles. The Morgan fingerprint density at radius 1 is 1.18 bits per heavy atom. The van der Waals surface area contributed by atoms with E-state index in [0.717, 1.165) is 5.70 Å². The highest BCUT2D eigenvalue weighted by Crippen LogP contribution is 2.48. The third kappa shape index (κ3) is 1.64. The molecule has 0 fully saturated rings. The molecule has 2 N–H and O–H groups in total. The van der Waals surface area contributed by atoms with Gasteiger partial charge in [0, 0.05) is 16.7 Å². The second-order valence-corrected chi connectivity index (χ2v) is 5.77. The molecule has 2 heteroatoms. The highest BCUT2D eigenvalue weighted by atomic mass is 32.2. The average Bonchev–Trinajstić information content (AvgIpc) is 2.74. The minimum absolute atomic E-state index is 0.0903. The molecule has 0 radical (unpaired) electrons. The van der Waals surface area contributed by atoms with E-state index in [1.165, 1.54) is 11.1 Å². The Bertz CT molecular complexity index is 527. The van der Waals surface area contributed by atoms with Gasteiger partial charge < -0.3 is 5.73 Å². The van der Waals surface area contributed by atoms with Crippen LogP contribution in [0.1, 0.15) is 12.5 Å². The normalized spacial score (nSPS) is 30.8. The Labute approximate surface area is 106 Å². The molecule has 17 heavy (non-hydrogen) atoms. The van der Waals surface area contributed by atoms with Crippen molar-refractivity contribution >= 4 is 17.3 Å². The molecular weight excluding hydrogens is 226 g/mol. The van der Waals surface area contributed by atoms with Crippen LogP contribution in [0.15, 0.2) is 59.7 Å². The first kappa shape index (κ1) is 10.7. The summed E-state index contributed by atoms with van der Waals surface area (Å²) in [6.45, 7) is 2.24. The van der Waals surface area contributed by atoms with E-state index >= 15 is 0 Å². The zero-order chi connectivity index (χ0) is 11.9. The Kier molecular flexibility index (Phi) is 2.40. The lowest BCUT2D eigenvalue weighted by Crippen LogP contribution is -2.31. The van der Waals surface area contributed by atoms with E-state index in [-0.39, 0.29) is 5.41 Å². The summed E-state index contributed by atoms with van der Waals surface area (Å²) in [6, 6.07) is 10.4. The first-order valence-corrected chi connectivity index (χ1v) is 6.72. The number of hydrogen-bond acceptors (Lipinski definition) is 2. The van der Waals surface area contributed by atoms with E-state index in [4.69, 9.17) is 5.73 Å². The molecule has 1 aromatic carbocycles. The van der Waals surface area contributed by atoms with Crippen LogP contribution in [-0.2, 0) is 0 Å². The molecule has 0 bridgehead atoms. The average molecular weight is 241 g/mol. The Morgan fingerprint density at radius 3 is 2.71 bits per heavy atom. The summed E-state index contributed by atoms with van der Waals surface area (Å²) in [5, 5.41) is 2.51. The molecular formula is C15H15NS. The summed E-state index contributed by atoms with van der Waals surface area (Å²) < 4.78 is 0. The van der Waals surface area contributed by atoms with E-state index in [1.54, 1.807) is 0 Å². The van der Waals surface area contributed by atoms with Crippen LogP contribution in [0.3, 0.4) is 0 Å². The van der Waals surface area contributed by atoms with Crippen molar-refractivity contribution in [1.82, 2.24) is 0 Å². The van der Waals surface area contributed by atoms with Crippen LogP contribution in [0.4, 0.5) is 0 Å². The predicted molar refractivity (Wildman–Crippen MR) is 75.3 cm³/mol. The van der Waals surface area contributed by atoms with Gasteiger partial charge in [-0.25, -0.2) is 0 Å². The van der Waals surface area contributed by atoms with Gasteiger partial charge in [-0.1, -0.05) is 55.5 Å². The number of rotatable bonds is 1. The SMILES string of the molecule is CC12C=CSC1C(N)=C(c1ccccc1)C=C2. The maximum Gasteiger partial charge on any atom is 0.0613 e. The van der Waals surface area contributed by atoms with Crippen molar-refractivity contribution < 1.29 is 0 Å². The Hall–Kier alpha value is -1.41. The largest absolute Gasteiger partial charge is 0.401 e. The van der Waals surface area contributed by atoms with Gasteiger partial charge in [-0.05, 0) is 11.0 Å². The van der Waals surface area contributed by atoms with Crippen LogP contribution in [0.25, 0.3) is 5.57 Å². The van der Waals surface area contributed by atoms with Gasteiger partial charge in [-0.2, -0.15) is 0 Å². The molecule has 0 aromatic heterocycles. The number of hydrogen-bond donors (Lipinski definition) is 1. The maximum absolute atomic E-state index is 6.35. The number of nitrogens with two attached hydrogens (primary N) is 1. The van der Waals surface area contributed by atoms with Crippen molar-refractivity contribution in [3.8, 4) is 0 Å². The molecule has 1 nitrogen and oxygen atoms in total. The fourth-order valence-electron chi connectivity index (χ4n) is 2.43. The molecule has 1 aliphatic carbocycles. The monoisotopic (exact) mass is 241 g/mol. The summed E-state index contributed by atoms with van der Waals surface area (Å²) in [5.74, 6) is 0. The summed E-state index contributed by atoms with van der Waals surface area (Å²) in [7, 11) is 0. The fourth-order valence-corrected chi connectivity index (χ4v) is 3.68. The summed E-state index contributed by atoms with van der Waals surface area (Å²) in [4.78, 5) is 0. The molecule has 2 aliphatic rings. The van der Waals surface area contributed by atoms with Gasteiger partial charge in [0.2, 0.25) is 0 Å². The highest BCUT2D eigenvalue weighted by Gasteiger charge is 2.38. The quantitative estimate of drug-likeness (QED) is 0.813. The second kappa shape index (κ2) is 3.81. The molecule has 1 aliphatic heterocycles. The molecule has 0 amide bonds. The Balaban J connectivity index is 2.06. The van der Waals surface area contributed by atoms with Crippen LogP contribution in [0, 0.1) is 5.41 Å². The van der Waals surface area contributed by atoms with Crippen molar-refractivity contribution in [2.75, 3.05) is 0 Å². The molecule has 2 unspecified atom stereocenters. The first-order valence-electron chi connectivity index (χ1n) is 5.78. The zero-order valence-corrected chi connectivity index (χ0v) is 10.6. The van der Waals surface area contributed by atoms with Gasteiger partial charge in [-0.15, -0.1) is 11.8 Å². The summed E-state index contributed by atoms with van der Waals surface area (Å²) >= 11 is 1.82. The lowest BCUT2D eigenvalue weighted by Gasteiger charge is -2.32. The van der Waals surface area contributed by atoms with Gasteiger partial charge in [-0.3, -0.25) is 0 Å². The molecule has 0 spiro atoms. The minimum atomic E-state index is 0.0903. The third-order valence-electron chi connectivity index (χ3n) is 3.49. The lowest BCUT2D eigenvalue weighted by molar-refractivity contribution is 0.562. The molecule has 86 valence electrons. The van der Waals surface area contributed by atoms with Gasteiger partial charge in [0.15, 0.2) is 0 Å². The van der Waals surface area contributed by atoms with E-state index in [0.29, 0.717) is 5.25 Å². The van der Waals surface area contributed by atoms with E-state index in [2.05, 4.69) is 54.8 Å². The number of thioether (sulfide) groups is 1. The van der Waals surface area contributed by atoms with E-state index < -0.39 is 0 Å². The van der Waals surface area contributed by atoms with Crippen LogP contribution < -0.4 is 5.73 Å². The van der Waals surface area contributed by atoms with E-state index in [1.807, 2.05) is 17.8 Å². The fraction of sp³-hybridized carbons (Fsp3) is 0.200. The Morgan fingerprint density at radius 2 is 1.94 bits per heavy atom. The van der Waals surface area contributed by atoms with Crippen molar-refractivity contribution in [2.24, 2.45) is 11.1 Å². The molecule has 3 rings (SSSR count). The van der Waals surface area contributed by atoms with E-state index in [9.17, 15) is 0 Å². The van der Waals surface area contributed by atoms with Crippen molar-refractivity contribution in [3.63, 3.8) is 0 Å². The van der Waals surface area contributed by atoms with Gasteiger partial charge in [0.25, 0.3) is 0 Å². The maximum atomic E-state index is 6.35. The van der Waals surface area contributed by atoms with Crippen LogP contribution in [0.5, 0.6) is 0 Å². The molecule has 0 saturated carbocycles. The number of fused-ring (bicyclic) bond motifs is 1. The van der Waals surface area contributed by atoms with Gasteiger partial charge >= 0.3 is 0 Å². The van der Waals surface area contributed by atoms with Crippen LogP contribution in [-0.4, -0.2) is 5.25 Å². The third-order valence-corrected chi connectivity index (χ3v) is 4.82. The lowest BCUT2D eigenvalue weighted by atomic mass is 9.79. The summed E-state index contributed by atoms with van der Waals surface area (Å²) in [6.07, 6.45) is 6.68. The van der Waals surface area contributed by atoms with Crippen molar-refractivity contribution in [3.05, 3.63) is 65.2 Å². The predicted octanol–water partition coefficient (Wildman–Crippen LogP) is 3.56. The smallest absolute Gasteiger partial charge is 0.0613 e. The zero-order valence-electron chi connectivity index (χ0n) is 9.76.